The third kappa shape index (κ3) is 2.94. The number of hydrogen-bond acceptors (Lipinski definition) is 2. The molecule has 0 atom stereocenters. The van der Waals surface area contributed by atoms with E-state index in [0.717, 1.165) is 11.1 Å². The molecule has 0 saturated heterocycles. The lowest BCUT2D eigenvalue weighted by molar-refractivity contribution is 0.435. The van der Waals surface area contributed by atoms with Gasteiger partial charge in [-0.3, -0.25) is 0 Å². The topological polar surface area (TPSA) is 33.0 Å². The van der Waals surface area contributed by atoms with Crippen LogP contribution in [0.15, 0.2) is 36.4 Å². The van der Waals surface area contributed by atoms with Gasteiger partial charge < -0.3 is 4.74 Å². The summed E-state index contributed by atoms with van der Waals surface area (Å²) in [6, 6.07) is 11.9. The summed E-state index contributed by atoms with van der Waals surface area (Å²) in [5, 5.41) is 9.38. The van der Waals surface area contributed by atoms with Crippen LogP contribution in [0.3, 0.4) is 0 Å². The highest BCUT2D eigenvalue weighted by atomic mass is 79.9. The molecule has 0 aromatic heterocycles. The Bertz CT molecular complexity index is 649. The van der Waals surface area contributed by atoms with E-state index in [0.29, 0.717) is 16.6 Å². The number of rotatable bonds is 3. The number of para-hydroxylation sites is 1. The van der Waals surface area contributed by atoms with E-state index in [-0.39, 0.29) is 5.75 Å². The molecule has 0 bridgehead atoms. The Hall–Kier alpha value is -1.86. The van der Waals surface area contributed by atoms with E-state index in [1.807, 2.05) is 13.0 Å². The number of nitriles is 1. The number of nitrogens with zero attached hydrogens (tertiary/aromatic N) is 1. The summed E-state index contributed by atoms with van der Waals surface area (Å²) in [6.45, 7) is 1.85. The van der Waals surface area contributed by atoms with E-state index in [2.05, 4.69) is 15.9 Å². The zero-order valence-corrected chi connectivity index (χ0v) is 11.9. The standard InChI is InChI=1S/C15H11BrFNO/c1-10-5-6-11(9-18)7-14(10)19-15-12(8-16)3-2-4-13(15)17/h2-7H,8H2,1H3. The molecular formula is C15H11BrFNO. The van der Waals surface area contributed by atoms with Gasteiger partial charge in [0.25, 0.3) is 0 Å². The zero-order chi connectivity index (χ0) is 13.8. The smallest absolute Gasteiger partial charge is 0.167 e. The summed E-state index contributed by atoms with van der Waals surface area (Å²) in [5.41, 5.74) is 2.06. The molecule has 0 amide bonds. The molecule has 0 unspecified atom stereocenters. The predicted molar refractivity (Wildman–Crippen MR) is 75.0 cm³/mol. The molecule has 0 spiro atoms. The van der Waals surface area contributed by atoms with Gasteiger partial charge in [0.1, 0.15) is 5.75 Å². The van der Waals surface area contributed by atoms with Crippen molar-refractivity contribution in [2.45, 2.75) is 12.3 Å². The van der Waals surface area contributed by atoms with Gasteiger partial charge in [-0.25, -0.2) is 4.39 Å². The Balaban J connectivity index is 2.44. The molecule has 2 rings (SSSR count). The number of aryl methyl sites for hydroxylation is 1. The Kier molecular flexibility index (Phi) is 4.18. The molecule has 2 nitrogen and oxygen atoms in total. The molecule has 0 heterocycles. The monoisotopic (exact) mass is 319 g/mol. The average Bonchev–Trinajstić information content (AvgIpc) is 2.43. The van der Waals surface area contributed by atoms with Crippen LogP contribution in [0.1, 0.15) is 16.7 Å². The minimum absolute atomic E-state index is 0.192. The Morgan fingerprint density at radius 1 is 1.32 bits per heavy atom. The van der Waals surface area contributed by atoms with Gasteiger partial charge in [0.05, 0.1) is 11.6 Å². The first-order valence-electron chi connectivity index (χ1n) is 5.67. The van der Waals surface area contributed by atoms with E-state index < -0.39 is 5.82 Å². The highest BCUT2D eigenvalue weighted by Crippen LogP contribution is 2.32. The van der Waals surface area contributed by atoms with E-state index in [1.54, 1.807) is 30.3 Å². The van der Waals surface area contributed by atoms with Gasteiger partial charge in [-0.2, -0.15) is 5.26 Å². The maximum Gasteiger partial charge on any atom is 0.167 e. The molecular weight excluding hydrogens is 309 g/mol. The van der Waals surface area contributed by atoms with Crippen LogP contribution < -0.4 is 4.74 Å². The molecule has 0 fully saturated rings. The highest BCUT2D eigenvalue weighted by molar-refractivity contribution is 9.08. The number of benzene rings is 2. The van der Waals surface area contributed by atoms with Crippen LogP contribution >= 0.6 is 15.9 Å². The second-order valence-electron chi connectivity index (χ2n) is 4.06. The number of ether oxygens (including phenoxy) is 1. The van der Waals surface area contributed by atoms with Crippen molar-refractivity contribution in [3.8, 4) is 17.6 Å². The van der Waals surface area contributed by atoms with Crippen molar-refractivity contribution in [3.63, 3.8) is 0 Å². The van der Waals surface area contributed by atoms with Crippen molar-refractivity contribution < 1.29 is 9.13 Å². The van der Waals surface area contributed by atoms with Crippen LogP contribution in [0, 0.1) is 24.1 Å². The van der Waals surface area contributed by atoms with Gasteiger partial charge in [0, 0.05) is 10.9 Å². The minimum Gasteiger partial charge on any atom is -0.454 e. The largest absolute Gasteiger partial charge is 0.454 e. The Morgan fingerprint density at radius 2 is 2.11 bits per heavy atom. The van der Waals surface area contributed by atoms with E-state index in [4.69, 9.17) is 10.00 Å². The molecule has 0 saturated carbocycles. The van der Waals surface area contributed by atoms with Crippen molar-refractivity contribution >= 4 is 15.9 Å². The first kappa shape index (κ1) is 13.6. The lowest BCUT2D eigenvalue weighted by Gasteiger charge is -2.12. The fourth-order valence-corrected chi connectivity index (χ4v) is 2.10. The summed E-state index contributed by atoms with van der Waals surface area (Å²) >= 11 is 3.30. The number of alkyl halides is 1. The SMILES string of the molecule is Cc1ccc(C#N)cc1Oc1c(F)cccc1CBr. The molecule has 0 aliphatic carbocycles. The van der Waals surface area contributed by atoms with Gasteiger partial charge in [0.15, 0.2) is 11.6 Å². The van der Waals surface area contributed by atoms with Crippen LogP contribution in [0.25, 0.3) is 0 Å². The molecule has 0 N–H and O–H groups in total. The number of halogens is 2. The second kappa shape index (κ2) is 5.85. The third-order valence-electron chi connectivity index (χ3n) is 2.72. The van der Waals surface area contributed by atoms with Crippen molar-refractivity contribution in [1.29, 1.82) is 5.26 Å². The molecule has 0 aliphatic heterocycles. The Morgan fingerprint density at radius 3 is 2.79 bits per heavy atom. The maximum absolute atomic E-state index is 13.8. The van der Waals surface area contributed by atoms with Crippen LogP contribution in [0.5, 0.6) is 11.5 Å². The highest BCUT2D eigenvalue weighted by Gasteiger charge is 2.12. The predicted octanol–water partition coefficient (Wildman–Crippen LogP) is 4.69. The van der Waals surface area contributed by atoms with Crippen molar-refractivity contribution in [1.82, 2.24) is 0 Å². The van der Waals surface area contributed by atoms with E-state index in [9.17, 15) is 4.39 Å². The van der Waals surface area contributed by atoms with Gasteiger partial charge in [-0.15, -0.1) is 0 Å². The number of hydrogen-bond donors (Lipinski definition) is 0. The molecule has 96 valence electrons. The fourth-order valence-electron chi connectivity index (χ4n) is 1.66. The van der Waals surface area contributed by atoms with Crippen molar-refractivity contribution in [3.05, 3.63) is 58.9 Å². The summed E-state index contributed by atoms with van der Waals surface area (Å²) in [7, 11) is 0. The normalized spacial score (nSPS) is 10.0. The zero-order valence-electron chi connectivity index (χ0n) is 10.3. The van der Waals surface area contributed by atoms with Gasteiger partial charge in [0.2, 0.25) is 0 Å². The fraction of sp³-hybridized carbons (Fsp3) is 0.133. The quantitative estimate of drug-likeness (QED) is 0.769. The molecule has 19 heavy (non-hydrogen) atoms. The Labute approximate surface area is 119 Å². The van der Waals surface area contributed by atoms with Crippen LogP contribution in [-0.4, -0.2) is 0 Å². The lowest BCUT2D eigenvalue weighted by Crippen LogP contribution is -1.95. The summed E-state index contributed by atoms with van der Waals surface area (Å²) in [6.07, 6.45) is 0. The third-order valence-corrected chi connectivity index (χ3v) is 3.33. The van der Waals surface area contributed by atoms with Crippen LogP contribution in [-0.2, 0) is 5.33 Å². The first-order chi connectivity index (χ1) is 9.15. The summed E-state index contributed by atoms with van der Waals surface area (Å²) in [4.78, 5) is 0. The van der Waals surface area contributed by atoms with E-state index in [1.165, 1.54) is 6.07 Å². The summed E-state index contributed by atoms with van der Waals surface area (Å²) < 4.78 is 19.5. The first-order valence-corrected chi connectivity index (χ1v) is 6.80. The van der Waals surface area contributed by atoms with Crippen molar-refractivity contribution in [2.24, 2.45) is 0 Å². The van der Waals surface area contributed by atoms with Crippen LogP contribution in [0.4, 0.5) is 4.39 Å². The van der Waals surface area contributed by atoms with Crippen molar-refractivity contribution in [2.75, 3.05) is 0 Å². The lowest BCUT2D eigenvalue weighted by atomic mass is 10.1. The van der Waals surface area contributed by atoms with E-state index >= 15 is 0 Å². The molecule has 4 heteroatoms. The summed E-state index contributed by atoms with van der Waals surface area (Å²) in [5.74, 6) is 0.266. The minimum atomic E-state index is -0.418. The molecule has 2 aromatic carbocycles. The molecule has 0 aliphatic rings. The van der Waals surface area contributed by atoms with Gasteiger partial charge in [-0.1, -0.05) is 34.1 Å². The maximum atomic E-state index is 13.8. The van der Waals surface area contributed by atoms with Gasteiger partial charge >= 0.3 is 0 Å². The molecule has 2 aromatic rings. The molecule has 0 radical (unpaired) electrons. The second-order valence-corrected chi connectivity index (χ2v) is 4.62. The van der Waals surface area contributed by atoms with Crippen LogP contribution in [0.2, 0.25) is 0 Å². The average molecular weight is 320 g/mol. The van der Waals surface area contributed by atoms with Gasteiger partial charge in [-0.05, 0) is 30.7 Å².